The van der Waals surface area contributed by atoms with Crippen LogP contribution >= 0.6 is 0 Å². The SMILES string of the molecule is NC(=O)[C@H](CC1CCCCC1)NC(=O)[C@H]1CN(C(=O)c2cccc(F)c2)CCN1C(=O)N1CCOCC1. The van der Waals surface area contributed by atoms with Gasteiger partial charge in [-0.1, -0.05) is 38.2 Å². The van der Waals surface area contributed by atoms with Crippen LogP contribution in [-0.4, -0.2) is 96.5 Å². The van der Waals surface area contributed by atoms with Gasteiger partial charge in [0.15, 0.2) is 0 Å². The van der Waals surface area contributed by atoms with Crippen molar-refractivity contribution in [1.29, 1.82) is 0 Å². The molecule has 10 nitrogen and oxygen atoms in total. The van der Waals surface area contributed by atoms with Crippen molar-refractivity contribution in [2.24, 2.45) is 11.7 Å². The maximum absolute atomic E-state index is 13.7. The van der Waals surface area contributed by atoms with Gasteiger partial charge in [-0.25, -0.2) is 9.18 Å². The fraction of sp³-hybridized carbons (Fsp3) is 0.615. The van der Waals surface area contributed by atoms with E-state index in [1.54, 1.807) is 4.90 Å². The summed E-state index contributed by atoms with van der Waals surface area (Å²) >= 11 is 0. The highest BCUT2D eigenvalue weighted by Crippen LogP contribution is 2.27. The Balaban J connectivity index is 1.51. The highest BCUT2D eigenvalue weighted by atomic mass is 19.1. The van der Waals surface area contributed by atoms with Gasteiger partial charge in [0.1, 0.15) is 17.9 Å². The van der Waals surface area contributed by atoms with Gasteiger partial charge < -0.3 is 30.5 Å². The number of carbonyl (C=O) groups is 4. The molecule has 1 aromatic carbocycles. The van der Waals surface area contributed by atoms with E-state index < -0.39 is 35.6 Å². The Morgan fingerprint density at radius 1 is 1.03 bits per heavy atom. The second-order valence-corrected chi connectivity index (χ2v) is 10.1. The lowest BCUT2D eigenvalue weighted by Gasteiger charge is -2.43. The van der Waals surface area contributed by atoms with Gasteiger partial charge in [-0.3, -0.25) is 14.4 Å². The molecular weight excluding hydrogens is 481 g/mol. The Hall–Kier alpha value is -3.21. The molecule has 5 amide bonds. The van der Waals surface area contributed by atoms with Gasteiger partial charge in [0.25, 0.3) is 5.91 Å². The number of amides is 5. The average Bonchev–Trinajstić information content (AvgIpc) is 2.92. The zero-order valence-corrected chi connectivity index (χ0v) is 21.1. The molecule has 2 aliphatic heterocycles. The molecule has 0 unspecified atom stereocenters. The first-order chi connectivity index (χ1) is 17.8. The molecule has 202 valence electrons. The zero-order chi connectivity index (χ0) is 26.4. The lowest BCUT2D eigenvalue weighted by atomic mass is 9.84. The molecule has 0 radical (unpaired) electrons. The minimum absolute atomic E-state index is 0.0772. The van der Waals surface area contributed by atoms with Crippen LogP contribution < -0.4 is 11.1 Å². The van der Waals surface area contributed by atoms with Gasteiger partial charge in [-0.15, -0.1) is 0 Å². The van der Waals surface area contributed by atoms with E-state index >= 15 is 0 Å². The summed E-state index contributed by atoms with van der Waals surface area (Å²) in [4.78, 5) is 56.8. The summed E-state index contributed by atoms with van der Waals surface area (Å²) in [5.41, 5.74) is 5.82. The maximum atomic E-state index is 13.7. The van der Waals surface area contributed by atoms with E-state index in [0.717, 1.165) is 31.7 Å². The average molecular weight is 518 g/mol. The highest BCUT2D eigenvalue weighted by Gasteiger charge is 2.40. The molecule has 1 aliphatic carbocycles. The van der Waals surface area contributed by atoms with Crippen LogP contribution in [0, 0.1) is 11.7 Å². The first-order valence-electron chi connectivity index (χ1n) is 13.1. The number of primary amides is 1. The predicted molar refractivity (Wildman–Crippen MR) is 133 cm³/mol. The Morgan fingerprint density at radius 3 is 2.43 bits per heavy atom. The van der Waals surface area contributed by atoms with Crippen molar-refractivity contribution >= 4 is 23.8 Å². The van der Waals surface area contributed by atoms with E-state index in [4.69, 9.17) is 10.5 Å². The van der Waals surface area contributed by atoms with Crippen LogP contribution in [0.25, 0.3) is 0 Å². The highest BCUT2D eigenvalue weighted by molar-refractivity contribution is 5.96. The summed E-state index contributed by atoms with van der Waals surface area (Å²) in [7, 11) is 0. The standard InChI is InChI=1S/C26H36FN5O5/c27-20-8-4-7-19(16-20)25(35)31-9-10-32(26(36)30-11-13-37-14-12-30)22(17-31)24(34)29-21(23(28)33)15-18-5-2-1-3-6-18/h4,7-8,16,18,21-22H,1-3,5-6,9-15,17H2,(H2,28,33)(H,29,34)/t21-,22+/m0/s1. The van der Waals surface area contributed by atoms with Crippen LogP contribution in [0.5, 0.6) is 0 Å². The third-order valence-corrected chi connectivity index (χ3v) is 7.52. The normalized spacial score (nSPS) is 21.9. The molecule has 4 rings (SSSR count). The van der Waals surface area contributed by atoms with Crippen molar-refractivity contribution in [1.82, 2.24) is 20.0 Å². The van der Waals surface area contributed by atoms with Gasteiger partial charge >= 0.3 is 6.03 Å². The van der Waals surface area contributed by atoms with Gasteiger partial charge in [0.2, 0.25) is 11.8 Å². The summed E-state index contributed by atoms with van der Waals surface area (Å²) in [6, 6.07) is 3.18. The lowest BCUT2D eigenvalue weighted by Crippen LogP contribution is -2.65. The molecule has 0 spiro atoms. The number of piperazine rings is 1. The van der Waals surface area contributed by atoms with Crippen LogP contribution in [0.15, 0.2) is 24.3 Å². The molecule has 0 aromatic heterocycles. The Kier molecular flexibility index (Phi) is 8.96. The molecule has 1 saturated carbocycles. The molecule has 11 heteroatoms. The van der Waals surface area contributed by atoms with Crippen molar-refractivity contribution < 1.29 is 28.3 Å². The summed E-state index contributed by atoms with van der Waals surface area (Å²) in [6.45, 7) is 1.86. The summed E-state index contributed by atoms with van der Waals surface area (Å²) < 4.78 is 19.1. The van der Waals surface area contributed by atoms with Crippen molar-refractivity contribution in [3.8, 4) is 0 Å². The molecule has 2 saturated heterocycles. The molecule has 3 N–H and O–H groups in total. The summed E-state index contributed by atoms with van der Waals surface area (Å²) in [5, 5.41) is 2.78. The monoisotopic (exact) mass is 517 g/mol. The second kappa shape index (κ2) is 12.4. The number of nitrogens with zero attached hydrogens (tertiary/aromatic N) is 3. The zero-order valence-electron chi connectivity index (χ0n) is 21.1. The number of halogens is 1. The third-order valence-electron chi connectivity index (χ3n) is 7.52. The molecule has 1 aromatic rings. The fourth-order valence-corrected chi connectivity index (χ4v) is 5.43. The van der Waals surface area contributed by atoms with E-state index in [-0.39, 0.29) is 31.2 Å². The summed E-state index contributed by atoms with van der Waals surface area (Å²) in [5.74, 6) is -1.81. The Bertz CT molecular complexity index is 995. The number of hydrogen-bond acceptors (Lipinski definition) is 5. The van der Waals surface area contributed by atoms with Gasteiger partial charge in [0.05, 0.1) is 19.8 Å². The summed E-state index contributed by atoms with van der Waals surface area (Å²) in [6.07, 6.45) is 5.77. The third kappa shape index (κ3) is 6.76. The largest absolute Gasteiger partial charge is 0.378 e. The second-order valence-electron chi connectivity index (χ2n) is 10.1. The van der Waals surface area contributed by atoms with Gasteiger partial charge in [-0.2, -0.15) is 0 Å². The number of rotatable bonds is 6. The minimum Gasteiger partial charge on any atom is -0.378 e. The quantitative estimate of drug-likeness (QED) is 0.589. The first-order valence-corrected chi connectivity index (χ1v) is 13.1. The van der Waals surface area contributed by atoms with Crippen LogP contribution in [0.1, 0.15) is 48.9 Å². The molecule has 2 atom stereocenters. The van der Waals surface area contributed by atoms with Crippen molar-refractivity contribution in [2.75, 3.05) is 45.9 Å². The number of benzene rings is 1. The van der Waals surface area contributed by atoms with Crippen LogP contribution in [0.2, 0.25) is 0 Å². The number of morpholine rings is 1. The van der Waals surface area contributed by atoms with E-state index in [2.05, 4.69) is 5.32 Å². The topological polar surface area (TPSA) is 125 Å². The van der Waals surface area contributed by atoms with Crippen molar-refractivity contribution in [3.63, 3.8) is 0 Å². The number of carbonyl (C=O) groups excluding carboxylic acids is 4. The first kappa shape index (κ1) is 26.8. The molecule has 2 heterocycles. The van der Waals surface area contributed by atoms with Crippen molar-refractivity contribution in [3.05, 3.63) is 35.6 Å². The Labute approximate surface area is 216 Å². The number of nitrogens with two attached hydrogens (primary N) is 1. The molecule has 37 heavy (non-hydrogen) atoms. The molecule has 3 aliphatic rings. The van der Waals surface area contributed by atoms with Crippen molar-refractivity contribution in [2.45, 2.75) is 50.6 Å². The predicted octanol–water partition coefficient (Wildman–Crippen LogP) is 1.34. The smallest absolute Gasteiger partial charge is 0.320 e. The fourth-order valence-electron chi connectivity index (χ4n) is 5.43. The minimum atomic E-state index is -1.02. The number of urea groups is 1. The maximum Gasteiger partial charge on any atom is 0.320 e. The van der Waals surface area contributed by atoms with E-state index in [0.29, 0.717) is 38.6 Å². The van der Waals surface area contributed by atoms with E-state index in [1.807, 2.05) is 0 Å². The van der Waals surface area contributed by atoms with Crippen LogP contribution in [0.3, 0.4) is 0 Å². The number of nitrogens with one attached hydrogen (secondary N) is 1. The molecule has 0 bridgehead atoms. The lowest BCUT2D eigenvalue weighted by molar-refractivity contribution is -0.132. The Morgan fingerprint density at radius 2 is 1.76 bits per heavy atom. The number of hydrogen-bond donors (Lipinski definition) is 2. The number of ether oxygens (including phenoxy) is 1. The van der Waals surface area contributed by atoms with Crippen LogP contribution in [0.4, 0.5) is 9.18 Å². The van der Waals surface area contributed by atoms with E-state index in [9.17, 15) is 23.6 Å². The molecular formula is C26H36FN5O5. The van der Waals surface area contributed by atoms with E-state index in [1.165, 1.54) is 34.4 Å². The molecule has 3 fully saturated rings. The van der Waals surface area contributed by atoms with Crippen LogP contribution in [-0.2, 0) is 14.3 Å². The van der Waals surface area contributed by atoms with Gasteiger partial charge in [0, 0.05) is 31.7 Å². The van der Waals surface area contributed by atoms with Gasteiger partial charge in [-0.05, 0) is 30.5 Å².